The quantitative estimate of drug-likeness (QED) is 0.486. The highest BCUT2D eigenvalue weighted by molar-refractivity contribution is 7.89. The average molecular weight is 273 g/mol. The van der Waals surface area contributed by atoms with E-state index in [0.717, 1.165) is 12.8 Å². The molecule has 1 unspecified atom stereocenters. The Morgan fingerprint density at radius 1 is 1.39 bits per heavy atom. The zero-order chi connectivity index (χ0) is 13.0. The van der Waals surface area contributed by atoms with Crippen LogP contribution in [0.25, 0.3) is 0 Å². The molecule has 0 aliphatic carbocycles. The Labute approximate surface area is 105 Å². The van der Waals surface area contributed by atoms with Crippen molar-refractivity contribution in [2.24, 2.45) is 5.84 Å². The second kappa shape index (κ2) is 5.57. The first kappa shape index (κ1) is 13.1. The Bertz CT molecular complexity index is 483. The molecule has 1 aliphatic heterocycles. The fourth-order valence-corrected chi connectivity index (χ4v) is 2.79. The SMILES string of the molecule is NNc1ncc(S(=O)(=O)NC2CCCOC2)cn1. The molecule has 1 atom stereocenters. The molecule has 1 saturated heterocycles. The molecule has 4 N–H and O–H groups in total. The Hall–Kier alpha value is -1.29. The molecule has 1 fully saturated rings. The van der Waals surface area contributed by atoms with Crippen LogP contribution in [0.4, 0.5) is 5.95 Å². The van der Waals surface area contributed by atoms with Crippen LogP contribution in [-0.4, -0.2) is 37.6 Å². The van der Waals surface area contributed by atoms with E-state index >= 15 is 0 Å². The average Bonchev–Trinajstić information content (AvgIpc) is 2.39. The summed E-state index contributed by atoms with van der Waals surface area (Å²) < 4.78 is 31.8. The molecule has 1 aromatic heterocycles. The smallest absolute Gasteiger partial charge is 0.243 e. The molecule has 1 aromatic rings. The maximum atomic E-state index is 12.0. The van der Waals surface area contributed by atoms with E-state index in [2.05, 4.69) is 20.1 Å². The second-order valence-electron chi connectivity index (χ2n) is 3.92. The summed E-state index contributed by atoms with van der Waals surface area (Å²) in [4.78, 5) is 7.52. The number of anilines is 1. The van der Waals surface area contributed by atoms with E-state index in [1.165, 1.54) is 12.4 Å². The number of ether oxygens (including phenoxy) is 1. The van der Waals surface area contributed by atoms with Crippen LogP contribution in [-0.2, 0) is 14.8 Å². The van der Waals surface area contributed by atoms with Gasteiger partial charge in [0.1, 0.15) is 4.90 Å². The molecule has 9 heteroatoms. The van der Waals surface area contributed by atoms with Gasteiger partial charge < -0.3 is 4.74 Å². The lowest BCUT2D eigenvalue weighted by Crippen LogP contribution is -2.40. The maximum absolute atomic E-state index is 12.0. The Balaban J connectivity index is 2.08. The third-order valence-electron chi connectivity index (χ3n) is 2.55. The highest BCUT2D eigenvalue weighted by Gasteiger charge is 2.22. The van der Waals surface area contributed by atoms with Gasteiger partial charge in [-0.3, -0.25) is 5.43 Å². The molecule has 0 aromatic carbocycles. The second-order valence-corrected chi connectivity index (χ2v) is 5.64. The largest absolute Gasteiger partial charge is 0.380 e. The van der Waals surface area contributed by atoms with E-state index in [9.17, 15) is 8.42 Å². The monoisotopic (exact) mass is 273 g/mol. The Morgan fingerprint density at radius 3 is 2.67 bits per heavy atom. The Kier molecular flexibility index (Phi) is 4.07. The zero-order valence-electron chi connectivity index (χ0n) is 9.67. The molecule has 18 heavy (non-hydrogen) atoms. The molecule has 2 rings (SSSR count). The number of hydrogen-bond acceptors (Lipinski definition) is 7. The molecule has 100 valence electrons. The van der Waals surface area contributed by atoms with Crippen LogP contribution >= 0.6 is 0 Å². The molecular formula is C9H15N5O3S. The fraction of sp³-hybridized carbons (Fsp3) is 0.556. The van der Waals surface area contributed by atoms with E-state index in [1.54, 1.807) is 0 Å². The predicted molar refractivity (Wildman–Crippen MR) is 64.0 cm³/mol. The summed E-state index contributed by atoms with van der Waals surface area (Å²) in [5, 5.41) is 0. The molecule has 0 amide bonds. The molecular weight excluding hydrogens is 258 g/mol. The number of nitrogens with one attached hydrogen (secondary N) is 2. The van der Waals surface area contributed by atoms with Crippen molar-refractivity contribution in [2.75, 3.05) is 18.6 Å². The van der Waals surface area contributed by atoms with E-state index in [1.807, 2.05) is 0 Å². The van der Waals surface area contributed by atoms with Crippen molar-refractivity contribution in [1.82, 2.24) is 14.7 Å². The summed E-state index contributed by atoms with van der Waals surface area (Å²) in [5.41, 5.74) is 2.23. The minimum atomic E-state index is -3.61. The van der Waals surface area contributed by atoms with Crippen molar-refractivity contribution < 1.29 is 13.2 Å². The van der Waals surface area contributed by atoms with Gasteiger partial charge in [0, 0.05) is 12.6 Å². The standard InChI is InChI=1S/C9H15N5O3S/c10-13-9-11-4-8(5-12-9)18(15,16)14-7-2-1-3-17-6-7/h4-5,7,14H,1-3,6,10H2,(H,11,12,13). The van der Waals surface area contributed by atoms with E-state index in [-0.39, 0.29) is 16.9 Å². The number of aromatic nitrogens is 2. The molecule has 0 spiro atoms. The first-order valence-electron chi connectivity index (χ1n) is 5.50. The lowest BCUT2D eigenvalue weighted by atomic mass is 10.1. The van der Waals surface area contributed by atoms with Gasteiger partial charge in [0.05, 0.1) is 19.0 Å². The minimum absolute atomic E-state index is 0.00655. The topological polar surface area (TPSA) is 119 Å². The maximum Gasteiger partial charge on any atom is 0.243 e. The summed E-state index contributed by atoms with van der Waals surface area (Å²) in [7, 11) is -3.61. The van der Waals surface area contributed by atoms with Gasteiger partial charge in [-0.05, 0) is 12.8 Å². The lowest BCUT2D eigenvalue weighted by molar-refractivity contribution is 0.0774. The van der Waals surface area contributed by atoms with Gasteiger partial charge in [-0.15, -0.1) is 0 Å². The number of nitrogen functional groups attached to an aromatic ring is 1. The fourth-order valence-electron chi connectivity index (χ4n) is 1.65. The third-order valence-corrected chi connectivity index (χ3v) is 4.02. The number of nitrogens with two attached hydrogens (primary N) is 1. The number of sulfonamides is 1. The van der Waals surface area contributed by atoms with Crippen LogP contribution in [0.1, 0.15) is 12.8 Å². The summed E-state index contributed by atoms with van der Waals surface area (Å²) in [5.74, 6) is 5.26. The molecule has 1 aliphatic rings. The summed E-state index contributed by atoms with van der Waals surface area (Å²) in [6.45, 7) is 1.07. The van der Waals surface area contributed by atoms with Gasteiger partial charge in [-0.2, -0.15) is 0 Å². The van der Waals surface area contributed by atoms with Crippen LogP contribution in [0.15, 0.2) is 17.3 Å². The lowest BCUT2D eigenvalue weighted by Gasteiger charge is -2.22. The van der Waals surface area contributed by atoms with Crippen LogP contribution < -0.4 is 16.0 Å². The van der Waals surface area contributed by atoms with E-state index in [4.69, 9.17) is 10.6 Å². The van der Waals surface area contributed by atoms with Crippen molar-refractivity contribution in [3.8, 4) is 0 Å². The molecule has 2 heterocycles. The van der Waals surface area contributed by atoms with Crippen LogP contribution in [0.5, 0.6) is 0 Å². The van der Waals surface area contributed by atoms with Gasteiger partial charge in [0.2, 0.25) is 16.0 Å². The van der Waals surface area contributed by atoms with Crippen molar-refractivity contribution in [3.63, 3.8) is 0 Å². The van der Waals surface area contributed by atoms with Gasteiger partial charge in [-0.1, -0.05) is 0 Å². The van der Waals surface area contributed by atoms with Crippen molar-refractivity contribution in [2.45, 2.75) is 23.8 Å². The van der Waals surface area contributed by atoms with Crippen molar-refractivity contribution in [1.29, 1.82) is 0 Å². The van der Waals surface area contributed by atoms with Crippen molar-refractivity contribution in [3.05, 3.63) is 12.4 Å². The van der Waals surface area contributed by atoms with Crippen LogP contribution in [0.3, 0.4) is 0 Å². The summed E-state index contributed by atoms with van der Waals surface area (Å²) in [6, 6.07) is -0.198. The highest BCUT2D eigenvalue weighted by Crippen LogP contribution is 2.12. The Morgan fingerprint density at radius 2 is 2.11 bits per heavy atom. The zero-order valence-corrected chi connectivity index (χ0v) is 10.5. The van der Waals surface area contributed by atoms with Gasteiger partial charge >= 0.3 is 0 Å². The molecule has 8 nitrogen and oxygen atoms in total. The van der Waals surface area contributed by atoms with E-state index < -0.39 is 10.0 Å². The number of nitrogens with zero attached hydrogens (tertiary/aromatic N) is 2. The summed E-state index contributed by atoms with van der Waals surface area (Å²) >= 11 is 0. The van der Waals surface area contributed by atoms with Crippen LogP contribution in [0, 0.1) is 0 Å². The molecule has 0 saturated carbocycles. The van der Waals surface area contributed by atoms with Gasteiger partial charge in [-0.25, -0.2) is 29.0 Å². The van der Waals surface area contributed by atoms with Gasteiger partial charge in [0.15, 0.2) is 0 Å². The number of rotatable bonds is 4. The third kappa shape index (κ3) is 3.13. The first-order valence-corrected chi connectivity index (χ1v) is 6.99. The number of hydrogen-bond donors (Lipinski definition) is 3. The number of hydrazine groups is 1. The molecule has 0 bridgehead atoms. The highest BCUT2D eigenvalue weighted by atomic mass is 32.2. The molecule has 0 radical (unpaired) electrons. The minimum Gasteiger partial charge on any atom is -0.380 e. The van der Waals surface area contributed by atoms with Gasteiger partial charge in [0.25, 0.3) is 0 Å². The van der Waals surface area contributed by atoms with E-state index in [0.29, 0.717) is 13.2 Å². The van der Waals surface area contributed by atoms with Crippen LogP contribution in [0.2, 0.25) is 0 Å². The predicted octanol–water partition coefficient (Wildman–Crippen LogP) is -0.781. The van der Waals surface area contributed by atoms with Crippen molar-refractivity contribution >= 4 is 16.0 Å². The normalized spacial score (nSPS) is 20.6. The summed E-state index contributed by atoms with van der Waals surface area (Å²) in [6.07, 6.45) is 4.02. The first-order chi connectivity index (χ1) is 8.62.